The zero-order chi connectivity index (χ0) is 15.5. The van der Waals surface area contributed by atoms with Crippen LogP contribution in [0.25, 0.3) is 0 Å². The van der Waals surface area contributed by atoms with Crippen LogP contribution < -0.4 is 0 Å². The van der Waals surface area contributed by atoms with Gasteiger partial charge >= 0.3 is 0 Å². The normalized spacial score (nSPS) is 17.7. The highest BCUT2D eigenvalue weighted by molar-refractivity contribution is 5.79. The minimum atomic E-state index is -0.269. The summed E-state index contributed by atoms with van der Waals surface area (Å²) in [6.45, 7) is 2.88. The second-order valence-electron chi connectivity index (χ2n) is 5.96. The molecule has 1 saturated heterocycles. The van der Waals surface area contributed by atoms with Crippen molar-refractivity contribution in [1.82, 2.24) is 4.90 Å². The van der Waals surface area contributed by atoms with Crippen LogP contribution in [0, 0.1) is 12.7 Å². The predicted octanol–water partition coefficient (Wildman–Crippen LogP) is 4.04. The summed E-state index contributed by atoms with van der Waals surface area (Å²) in [6.07, 6.45) is 2.38. The van der Waals surface area contributed by atoms with Gasteiger partial charge in [-0.25, -0.2) is 4.39 Å². The molecule has 0 aliphatic carbocycles. The maximum atomic E-state index is 13.0. The van der Waals surface area contributed by atoms with Crippen molar-refractivity contribution in [3.05, 3.63) is 71.0 Å². The first-order valence-corrected chi connectivity index (χ1v) is 7.74. The summed E-state index contributed by atoms with van der Waals surface area (Å²) in [4.78, 5) is 14.6. The summed E-state index contributed by atoms with van der Waals surface area (Å²) in [7, 11) is 0. The highest BCUT2D eigenvalue weighted by atomic mass is 19.1. The van der Waals surface area contributed by atoms with Gasteiger partial charge in [0.25, 0.3) is 0 Å². The number of amides is 1. The van der Waals surface area contributed by atoms with E-state index in [2.05, 4.69) is 25.1 Å². The molecule has 0 N–H and O–H groups in total. The largest absolute Gasteiger partial charge is 0.335 e. The van der Waals surface area contributed by atoms with E-state index in [0.29, 0.717) is 6.42 Å². The van der Waals surface area contributed by atoms with Gasteiger partial charge in [-0.1, -0.05) is 42.0 Å². The number of benzene rings is 2. The van der Waals surface area contributed by atoms with Gasteiger partial charge in [-0.2, -0.15) is 0 Å². The Kier molecular flexibility index (Phi) is 4.23. The minimum Gasteiger partial charge on any atom is -0.335 e. The Hall–Kier alpha value is -2.16. The molecule has 3 rings (SSSR count). The fourth-order valence-electron chi connectivity index (χ4n) is 3.17. The van der Waals surface area contributed by atoms with Crippen LogP contribution in [0.3, 0.4) is 0 Å². The molecule has 0 spiro atoms. The van der Waals surface area contributed by atoms with Crippen LogP contribution in [0.1, 0.15) is 35.6 Å². The Bertz CT molecular complexity index is 665. The molecule has 2 aromatic carbocycles. The van der Waals surface area contributed by atoms with E-state index in [1.54, 1.807) is 12.1 Å². The molecule has 2 nitrogen and oxygen atoms in total. The lowest BCUT2D eigenvalue weighted by molar-refractivity contribution is -0.131. The van der Waals surface area contributed by atoms with Crippen LogP contribution in [-0.2, 0) is 11.2 Å². The van der Waals surface area contributed by atoms with Crippen molar-refractivity contribution in [2.24, 2.45) is 0 Å². The van der Waals surface area contributed by atoms with Gasteiger partial charge in [0, 0.05) is 6.54 Å². The van der Waals surface area contributed by atoms with E-state index in [9.17, 15) is 9.18 Å². The van der Waals surface area contributed by atoms with E-state index in [-0.39, 0.29) is 17.8 Å². The molecule has 114 valence electrons. The first kappa shape index (κ1) is 14.8. The lowest BCUT2D eigenvalue weighted by atomic mass is 10.0. The Balaban J connectivity index is 1.75. The van der Waals surface area contributed by atoms with Crippen LogP contribution in [0.2, 0.25) is 0 Å². The molecule has 0 bridgehead atoms. The van der Waals surface area contributed by atoms with E-state index in [4.69, 9.17) is 0 Å². The van der Waals surface area contributed by atoms with Crippen LogP contribution in [0.4, 0.5) is 4.39 Å². The van der Waals surface area contributed by atoms with E-state index in [1.807, 2.05) is 11.0 Å². The summed E-state index contributed by atoms with van der Waals surface area (Å²) in [5.41, 5.74) is 3.29. The fourth-order valence-corrected chi connectivity index (χ4v) is 3.17. The first-order valence-electron chi connectivity index (χ1n) is 7.74. The van der Waals surface area contributed by atoms with Crippen LogP contribution >= 0.6 is 0 Å². The number of likely N-dealkylation sites (tertiary alicyclic amines) is 1. The first-order chi connectivity index (χ1) is 10.6. The number of nitrogens with zero attached hydrogens (tertiary/aromatic N) is 1. The lowest BCUT2D eigenvalue weighted by Crippen LogP contribution is -2.31. The number of carbonyl (C=O) groups is 1. The quantitative estimate of drug-likeness (QED) is 0.837. The number of hydrogen-bond donors (Lipinski definition) is 0. The van der Waals surface area contributed by atoms with Gasteiger partial charge in [-0.05, 0) is 43.0 Å². The predicted molar refractivity (Wildman–Crippen MR) is 85.0 cm³/mol. The molecule has 0 saturated carbocycles. The number of carbonyl (C=O) groups excluding carboxylic acids is 1. The van der Waals surface area contributed by atoms with E-state index in [1.165, 1.54) is 23.3 Å². The van der Waals surface area contributed by atoms with Crippen molar-refractivity contribution in [2.45, 2.75) is 32.2 Å². The van der Waals surface area contributed by atoms with Crippen LogP contribution in [0.15, 0.2) is 48.5 Å². The van der Waals surface area contributed by atoms with Crippen molar-refractivity contribution in [1.29, 1.82) is 0 Å². The molecule has 1 aliphatic heterocycles. The Morgan fingerprint density at radius 1 is 1.23 bits per heavy atom. The summed E-state index contributed by atoms with van der Waals surface area (Å²) >= 11 is 0. The zero-order valence-corrected chi connectivity index (χ0v) is 12.8. The van der Waals surface area contributed by atoms with E-state index >= 15 is 0 Å². The number of halogens is 1. The van der Waals surface area contributed by atoms with Crippen molar-refractivity contribution in [3.8, 4) is 0 Å². The molecule has 0 aromatic heterocycles. The molecule has 1 heterocycles. The third kappa shape index (κ3) is 3.19. The second-order valence-corrected chi connectivity index (χ2v) is 5.96. The Morgan fingerprint density at radius 3 is 2.73 bits per heavy atom. The molecule has 22 heavy (non-hydrogen) atoms. The average molecular weight is 297 g/mol. The van der Waals surface area contributed by atoms with E-state index < -0.39 is 0 Å². The number of aryl methyl sites for hydroxylation is 1. The Morgan fingerprint density at radius 2 is 2.00 bits per heavy atom. The average Bonchev–Trinajstić information content (AvgIpc) is 2.99. The van der Waals surface area contributed by atoms with Crippen molar-refractivity contribution in [2.75, 3.05) is 6.54 Å². The van der Waals surface area contributed by atoms with Gasteiger partial charge in [0.05, 0.1) is 12.5 Å². The minimum absolute atomic E-state index is 0.121. The van der Waals surface area contributed by atoms with Crippen molar-refractivity contribution < 1.29 is 9.18 Å². The molecular formula is C19H20FNO. The maximum absolute atomic E-state index is 13.0. The number of rotatable bonds is 3. The van der Waals surface area contributed by atoms with Crippen LogP contribution in [-0.4, -0.2) is 17.4 Å². The molecule has 1 atom stereocenters. The molecule has 1 aliphatic rings. The second kappa shape index (κ2) is 6.30. The third-order valence-corrected chi connectivity index (χ3v) is 4.27. The van der Waals surface area contributed by atoms with Crippen molar-refractivity contribution in [3.63, 3.8) is 0 Å². The molecule has 2 aromatic rings. The van der Waals surface area contributed by atoms with Gasteiger partial charge < -0.3 is 4.90 Å². The lowest BCUT2D eigenvalue weighted by Gasteiger charge is -2.25. The zero-order valence-electron chi connectivity index (χ0n) is 12.8. The summed E-state index contributed by atoms with van der Waals surface area (Å²) in [5.74, 6) is -0.148. The highest BCUT2D eigenvalue weighted by Crippen LogP contribution is 2.32. The highest BCUT2D eigenvalue weighted by Gasteiger charge is 2.29. The summed E-state index contributed by atoms with van der Waals surface area (Å²) in [5, 5.41) is 0. The smallest absolute Gasteiger partial charge is 0.227 e. The van der Waals surface area contributed by atoms with Crippen molar-refractivity contribution >= 4 is 5.91 Å². The molecular weight excluding hydrogens is 277 g/mol. The SMILES string of the molecule is Cc1cccc([C@H]2CCCN2C(=O)Cc2ccc(F)cc2)c1. The molecule has 0 radical (unpaired) electrons. The third-order valence-electron chi connectivity index (χ3n) is 4.27. The monoisotopic (exact) mass is 297 g/mol. The van der Waals surface area contributed by atoms with Gasteiger partial charge in [-0.3, -0.25) is 4.79 Å². The standard InChI is InChI=1S/C19H20FNO/c1-14-4-2-5-16(12-14)18-6-3-11-21(18)19(22)13-15-7-9-17(20)10-8-15/h2,4-5,7-10,12,18H,3,6,11,13H2,1H3/t18-/m1/s1. The summed E-state index contributed by atoms with van der Waals surface area (Å²) in [6, 6.07) is 14.7. The fraction of sp³-hybridized carbons (Fsp3) is 0.316. The number of hydrogen-bond acceptors (Lipinski definition) is 1. The van der Waals surface area contributed by atoms with Gasteiger partial charge in [-0.15, -0.1) is 0 Å². The maximum Gasteiger partial charge on any atom is 0.227 e. The molecule has 1 amide bonds. The molecule has 1 fully saturated rings. The Labute approximate surface area is 130 Å². The topological polar surface area (TPSA) is 20.3 Å². The van der Waals surface area contributed by atoms with E-state index in [0.717, 1.165) is 24.9 Å². The van der Waals surface area contributed by atoms with Gasteiger partial charge in [0.1, 0.15) is 5.82 Å². The van der Waals surface area contributed by atoms with Gasteiger partial charge in [0.2, 0.25) is 5.91 Å². The summed E-state index contributed by atoms with van der Waals surface area (Å²) < 4.78 is 13.0. The van der Waals surface area contributed by atoms with Crippen LogP contribution in [0.5, 0.6) is 0 Å². The van der Waals surface area contributed by atoms with Gasteiger partial charge in [0.15, 0.2) is 0 Å². The molecule has 3 heteroatoms. The molecule has 0 unspecified atom stereocenters.